The number of hydrogen-bond donors (Lipinski definition) is 0. The summed E-state index contributed by atoms with van der Waals surface area (Å²) >= 11 is 0. The second-order valence-corrected chi connectivity index (χ2v) is 5.27. The Kier molecular flexibility index (Phi) is 8.96. The molecule has 122 valence electrons. The second kappa shape index (κ2) is 10.8. The van der Waals surface area contributed by atoms with Gasteiger partial charge in [-0.05, 0) is 25.5 Å². The summed E-state index contributed by atoms with van der Waals surface area (Å²) < 4.78 is 4.94. The summed E-state index contributed by atoms with van der Waals surface area (Å²) in [4.78, 5) is 25.8. The molecule has 1 rings (SSSR count). The number of esters is 1. The van der Waals surface area contributed by atoms with E-state index in [0.29, 0.717) is 25.3 Å². The molecule has 0 atom stereocenters. The lowest BCUT2D eigenvalue weighted by molar-refractivity contribution is -0.143. The van der Waals surface area contributed by atoms with Crippen LogP contribution >= 0.6 is 0 Å². The first-order valence-corrected chi connectivity index (χ1v) is 8.19. The van der Waals surface area contributed by atoms with Gasteiger partial charge in [0.2, 0.25) is 0 Å². The Bertz CT molecular complexity index is 445. The summed E-state index contributed by atoms with van der Waals surface area (Å²) in [5, 5.41) is 0. The monoisotopic (exact) mass is 305 g/mol. The minimum atomic E-state index is -0.248. The lowest BCUT2D eigenvalue weighted by Gasteiger charge is -2.22. The molecule has 22 heavy (non-hydrogen) atoms. The highest BCUT2D eigenvalue weighted by Crippen LogP contribution is 2.09. The number of nitrogens with zero attached hydrogens (tertiary/aromatic N) is 1. The van der Waals surface area contributed by atoms with E-state index in [1.807, 2.05) is 30.3 Å². The number of amides is 1. The fourth-order valence-electron chi connectivity index (χ4n) is 2.27. The molecule has 0 aliphatic rings. The molecule has 0 bridgehead atoms. The van der Waals surface area contributed by atoms with Gasteiger partial charge in [0.25, 0.3) is 5.91 Å². The quantitative estimate of drug-likeness (QED) is 0.489. The third-order valence-electron chi connectivity index (χ3n) is 3.48. The maximum atomic E-state index is 12.6. The van der Waals surface area contributed by atoms with E-state index in [1.165, 1.54) is 6.42 Å². The van der Waals surface area contributed by atoms with E-state index in [-0.39, 0.29) is 18.3 Å². The average Bonchev–Trinajstić information content (AvgIpc) is 2.54. The molecule has 1 amide bonds. The third-order valence-corrected chi connectivity index (χ3v) is 3.48. The molecule has 0 saturated heterocycles. The number of carbonyl (C=O) groups excluding carboxylic acids is 2. The van der Waals surface area contributed by atoms with E-state index in [9.17, 15) is 9.59 Å². The van der Waals surface area contributed by atoms with Gasteiger partial charge in [-0.1, -0.05) is 44.4 Å². The molecule has 0 unspecified atom stereocenters. The van der Waals surface area contributed by atoms with Crippen LogP contribution < -0.4 is 0 Å². The Balaban J connectivity index is 2.60. The van der Waals surface area contributed by atoms with Crippen LogP contribution in [0.5, 0.6) is 0 Å². The molecule has 0 fully saturated rings. The van der Waals surface area contributed by atoms with Gasteiger partial charge in [0, 0.05) is 18.7 Å². The molecule has 0 radical (unpaired) electrons. The molecule has 1 aromatic carbocycles. The zero-order valence-corrected chi connectivity index (χ0v) is 13.7. The van der Waals surface area contributed by atoms with Gasteiger partial charge in [-0.2, -0.15) is 0 Å². The molecule has 4 nitrogen and oxygen atoms in total. The Labute approximate surface area is 133 Å². The van der Waals surface area contributed by atoms with Gasteiger partial charge >= 0.3 is 5.97 Å². The summed E-state index contributed by atoms with van der Waals surface area (Å²) in [7, 11) is 0. The van der Waals surface area contributed by atoms with Gasteiger partial charge < -0.3 is 9.64 Å². The normalized spacial score (nSPS) is 10.3. The van der Waals surface area contributed by atoms with Crippen molar-refractivity contribution < 1.29 is 14.3 Å². The van der Waals surface area contributed by atoms with E-state index in [1.54, 1.807) is 11.8 Å². The highest BCUT2D eigenvalue weighted by atomic mass is 16.5. The lowest BCUT2D eigenvalue weighted by Crippen LogP contribution is -2.34. The smallest absolute Gasteiger partial charge is 0.307 e. The van der Waals surface area contributed by atoms with Crippen molar-refractivity contribution in [2.45, 2.75) is 46.0 Å². The Morgan fingerprint density at radius 2 is 1.73 bits per heavy atom. The first kappa shape index (κ1) is 18.2. The van der Waals surface area contributed by atoms with Gasteiger partial charge in [-0.25, -0.2) is 0 Å². The predicted molar refractivity (Wildman–Crippen MR) is 87.7 cm³/mol. The van der Waals surface area contributed by atoms with Crippen LogP contribution in [-0.2, 0) is 9.53 Å². The van der Waals surface area contributed by atoms with Gasteiger partial charge in [0.1, 0.15) is 0 Å². The summed E-state index contributed by atoms with van der Waals surface area (Å²) in [6.07, 6.45) is 4.66. The predicted octanol–water partition coefficient (Wildman–Crippen LogP) is 3.66. The van der Waals surface area contributed by atoms with Crippen LogP contribution in [0.2, 0.25) is 0 Å². The van der Waals surface area contributed by atoms with Crippen molar-refractivity contribution in [2.75, 3.05) is 19.7 Å². The molecule has 1 aromatic rings. The third kappa shape index (κ3) is 6.74. The molecule has 0 aliphatic heterocycles. The van der Waals surface area contributed by atoms with E-state index < -0.39 is 0 Å². The van der Waals surface area contributed by atoms with E-state index in [2.05, 4.69) is 6.92 Å². The van der Waals surface area contributed by atoms with Crippen molar-refractivity contribution in [1.82, 2.24) is 4.90 Å². The van der Waals surface area contributed by atoms with E-state index >= 15 is 0 Å². The number of carbonyl (C=O) groups is 2. The van der Waals surface area contributed by atoms with Crippen LogP contribution in [0.3, 0.4) is 0 Å². The summed E-state index contributed by atoms with van der Waals surface area (Å²) in [5.41, 5.74) is 0.668. The van der Waals surface area contributed by atoms with Gasteiger partial charge in [0.15, 0.2) is 0 Å². The average molecular weight is 305 g/mol. The molecule has 0 aromatic heterocycles. The number of benzene rings is 1. The lowest BCUT2D eigenvalue weighted by atomic mass is 10.1. The number of ether oxygens (including phenoxy) is 1. The molecule has 0 spiro atoms. The van der Waals surface area contributed by atoms with Crippen molar-refractivity contribution in [1.29, 1.82) is 0 Å². The molecule has 0 saturated carbocycles. The summed E-state index contributed by atoms with van der Waals surface area (Å²) in [6, 6.07) is 9.22. The van der Waals surface area contributed by atoms with E-state index in [4.69, 9.17) is 4.74 Å². The topological polar surface area (TPSA) is 46.6 Å². The Hall–Kier alpha value is -1.84. The van der Waals surface area contributed by atoms with Gasteiger partial charge in [-0.3, -0.25) is 9.59 Å². The fraction of sp³-hybridized carbons (Fsp3) is 0.556. The molecule has 4 heteroatoms. The maximum absolute atomic E-state index is 12.6. The van der Waals surface area contributed by atoms with Crippen molar-refractivity contribution in [3.05, 3.63) is 35.9 Å². The first-order valence-electron chi connectivity index (χ1n) is 8.19. The van der Waals surface area contributed by atoms with Crippen LogP contribution in [0.15, 0.2) is 30.3 Å². The largest absolute Gasteiger partial charge is 0.466 e. The minimum absolute atomic E-state index is 0.0126. The zero-order chi connectivity index (χ0) is 16.2. The molecular weight excluding hydrogens is 278 g/mol. The SMILES string of the molecule is CCCCCCN(CCC(=O)OCC)C(=O)c1ccccc1. The van der Waals surface area contributed by atoms with Crippen molar-refractivity contribution in [3.63, 3.8) is 0 Å². The number of rotatable bonds is 10. The van der Waals surface area contributed by atoms with E-state index in [0.717, 1.165) is 19.3 Å². The van der Waals surface area contributed by atoms with Gasteiger partial charge in [-0.15, -0.1) is 0 Å². The van der Waals surface area contributed by atoms with Crippen LogP contribution in [0.4, 0.5) is 0 Å². The first-order chi connectivity index (χ1) is 10.7. The second-order valence-electron chi connectivity index (χ2n) is 5.27. The molecule has 0 N–H and O–H groups in total. The Morgan fingerprint density at radius 3 is 2.36 bits per heavy atom. The van der Waals surface area contributed by atoms with Crippen LogP contribution in [0.25, 0.3) is 0 Å². The summed E-state index contributed by atoms with van der Waals surface area (Å²) in [6.45, 7) is 5.43. The number of unbranched alkanes of at least 4 members (excludes halogenated alkanes) is 3. The van der Waals surface area contributed by atoms with Gasteiger partial charge in [0.05, 0.1) is 13.0 Å². The van der Waals surface area contributed by atoms with Crippen molar-refractivity contribution in [3.8, 4) is 0 Å². The van der Waals surface area contributed by atoms with Crippen LogP contribution in [-0.4, -0.2) is 36.5 Å². The molecule has 0 aliphatic carbocycles. The summed E-state index contributed by atoms with van der Waals surface area (Å²) in [5.74, 6) is -0.261. The molecular formula is C18H27NO3. The van der Waals surface area contributed by atoms with Crippen LogP contribution in [0, 0.1) is 0 Å². The fourth-order valence-corrected chi connectivity index (χ4v) is 2.27. The zero-order valence-electron chi connectivity index (χ0n) is 13.7. The minimum Gasteiger partial charge on any atom is -0.466 e. The molecule has 0 heterocycles. The number of hydrogen-bond acceptors (Lipinski definition) is 3. The van der Waals surface area contributed by atoms with Crippen molar-refractivity contribution in [2.24, 2.45) is 0 Å². The van der Waals surface area contributed by atoms with Crippen LogP contribution in [0.1, 0.15) is 56.3 Å². The standard InChI is InChI=1S/C18H27NO3/c1-3-5-6-10-14-19(15-13-17(20)22-4-2)18(21)16-11-8-7-9-12-16/h7-9,11-12H,3-6,10,13-15H2,1-2H3. The highest BCUT2D eigenvalue weighted by Gasteiger charge is 2.16. The highest BCUT2D eigenvalue weighted by molar-refractivity contribution is 5.94. The van der Waals surface area contributed by atoms with Crippen molar-refractivity contribution >= 4 is 11.9 Å². The Morgan fingerprint density at radius 1 is 1.00 bits per heavy atom. The maximum Gasteiger partial charge on any atom is 0.307 e.